The number of carbonyl (C=O) groups is 4. The molecule has 0 spiro atoms. The molecule has 0 bridgehead atoms. The van der Waals surface area contributed by atoms with Crippen LogP contribution in [0.1, 0.15) is 28.8 Å². The Kier molecular flexibility index (Phi) is 7.47. The molecule has 1 aromatic carbocycles. The number of rotatable bonds is 8. The van der Waals surface area contributed by atoms with Crippen molar-refractivity contribution < 1.29 is 42.5 Å². The van der Waals surface area contributed by atoms with Crippen molar-refractivity contribution in [3.05, 3.63) is 52.1 Å². The van der Waals surface area contributed by atoms with Crippen LogP contribution in [0.15, 0.2) is 34.4 Å². The number of nitrogens with one attached hydrogen (secondary N) is 1. The van der Waals surface area contributed by atoms with Crippen molar-refractivity contribution in [1.29, 1.82) is 0 Å². The summed E-state index contributed by atoms with van der Waals surface area (Å²) in [6.45, 7) is 1.26. The lowest BCUT2D eigenvalue weighted by Crippen LogP contribution is -2.30. The molecule has 2 heterocycles. The number of halogens is 1. The summed E-state index contributed by atoms with van der Waals surface area (Å²) in [7, 11) is 3.81. The Morgan fingerprint density at radius 1 is 1.18 bits per heavy atom. The highest BCUT2D eigenvalue weighted by atomic mass is 35.5. The molecular formula is C22H21ClN2O9. The van der Waals surface area contributed by atoms with Gasteiger partial charge in [-0.3, -0.25) is 9.69 Å². The highest BCUT2D eigenvalue weighted by Crippen LogP contribution is 2.37. The van der Waals surface area contributed by atoms with Gasteiger partial charge in [-0.25, -0.2) is 14.4 Å². The van der Waals surface area contributed by atoms with E-state index in [4.69, 9.17) is 25.5 Å². The van der Waals surface area contributed by atoms with Crippen LogP contribution in [0, 0.1) is 0 Å². The molecule has 11 nitrogen and oxygen atoms in total. The topological polar surface area (TPSA) is 134 Å². The van der Waals surface area contributed by atoms with Crippen LogP contribution in [0.2, 0.25) is 5.02 Å². The van der Waals surface area contributed by atoms with E-state index in [2.05, 4.69) is 14.8 Å². The third-order valence-corrected chi connectivity index (χ3v) is 4.94. The van der Waals surface area contributed by atoms with Gasteiger partial charge in [-0.2, -0.15) is 0 Å². The van der Waals surface area contributed by atoms with E-state index < -0.39 is 30.0 Å². The quantitative estimate of drug-likeness (QED) is 0.335. The van der Waals surface area contributed by atoms with Crippen molar-refractivity contribution in [3.63, 3.8) is 0 Å². The van der Waals surface area contributed by atoms with Gasteiger partial charge < -0.3 is 28.7 Å². The minimum absolute atomic E-state index is 0.0622. The normalized spacial score (nSPS) is 15.2. The van der Waals surface area contributed by atoms with Crippen molar-refractivity contribution >= 4 is 41.6 Å². The molecule has 1 atom stereocenters. The molecule has 1 N–H and O–H groups in total. The molecule has 3 rings (SSSR count). The molecule has 0 aliphatic carbocycles. The minimum Gasteiger partial charge on any atom is -0.493 e. The molecule has 0 unspecified atom stereocenters. The Bertz CT molecular complexity index is 1170. The molecule has 1 saturated heterocycles. The molecule has 3 amide bonds. The third-order valence-electron chi connectivity index (χ3n) is 4.72. The molecule has 1 fully saturated rings. The fraction of sp³-hybridized carbons (Fsp3) is 0.273. The number of nitrogens with zero attached hydrogens (tertiary/aromatic N) is 1. The van der Waals surface area contributed by atoms with E-state index in [1.807, 2.05) is 0 Å². The molecule has 2 aromatic rings. The van der Waals surface area contributed by atoms with Gasteiger partial charge in [0.2, 0.25) is 5.76 Å². The summed E-state index contributed by atoms with van der Waals surface area (Å²) in [5.74, 6) is -1.52. The van der Waals surface area contributed by atoms with Crippen molar-refractivity contribution in [1.82, 2.24) is 10.2 Å². The molecular weight excluding hydrogens is 472 g/mol. The molecule has 1 aliphatic rings. The average Bonchev–Trinajstić information content (AvgIpc) is 3.39. The summed E-state index contributed by atoms with van der Waals surface area (Å²) >= 11 is 6.16. The lowest BCUT2D eigenvalue weighted by atomic mass is 10.1. The number of hydrogen-bond acceptors (Lipinski definition) is 9. The fourth-order valence-electron chi connectivity index (χ4n) is 3.06. The Morgan fingerprint density at radius 2 is 1.91 bits per heavy atom. The lowest BCUT2D eigenvalue weighted by Gasteiger charge is -2.18. The zero-order valence-electron chi connectivity index (χ0n) is 18.7. The fourth-order valence-corrected chi connectivity index (χ4v) is 3.28. The number of furan rings is 1. The number of esters is 2. The minimum atomic E-state index is -0.995. The van der Waals surface area contributed by atoms with E-state index in [-0.39, 0.29) is 45.8 Å². The molecule has 1 aliphatic heterocycles. The van der Waals surface area contributed by atoms with Crippen molar-refractivity contribution in [2.45, 2.75) is 19.6 Å². The van der Waals surface area contributed by atoms with Crippen LogP contribution < -0.4 is 14.8 Å². The Morgan fingerprint density at radius 3 is 2.56 bits per heavy atom. The smallest absolute Gasteiger partial charge is 0.373 e. The van der Waals surface area contributed by atoms with Gasteiger partial charge in [-0.15, -0.1) is 0 Å². The molecule has 1 aromatic heterocycles. The first kappa shape index (κ1) is 24.6. The maximum atomic E-state index is 12.9. The van der Waals surface area contributed by atoms with E-state index in [0.29, 0.717) is 0 Å². The highest BCUT2D eigenvalue weighted by molar-refractivity contribution is 6.31. The zero-order chi connectivity index (χ0) is 25.0. The first-order chi connectivity index (χ1) is 16.2. The monoisotopic (exact) mass is 492 g/mol. The summed E-state index contributed by atoms with van der Waals surface area (Å²) in [6, 6.07) is 5.08. The Labute approximate surface area is 199 Å². The second kappa shape index (κ2) is 10.3. The number of urea groups is 1. The second-order valence-electron chi connectivity index (χ2n) is 6.95. The van der Waals surface area contributed by atoms with Crippen LogP contribution >= 0.6 is 11.6 Å². The molecule has 0 saturated carbocycles. The lowest BCUT2D eigenvalue weighted by molar-refractivity contribution is -0.148. The maximum Gasteiger partial charge on any atom is 0.373 e. The van der Waals surface area contributed by atoms with Gasteiger partial charge in [0.1, 0.15) is 11.5 Å². The highest BCUT2D eigenvalue weighted by Gasteiger charge is 2.35. The zero-order valence-corrected chi connectivity index (χ0v) is 19.4. The summed E-state index contributed by atoms with van der Waals surface area (Å²) in [4.78, 5) is 49.6. The van der Waals surface area contributed by atoms with E-state index in [0.717, 1.165) is 4.90 Å². The summed E-state index contributed by atoms with van der Waals surface area (Å²) in [5, 5.41) is 2.73. The summed E-state index contributed by atoms with van der Waals surface area (Å²) in [5.41, 5.74) is 0.196. The SMILES string of the molecule is COC(=O)c1ccc(CN2C(=O)N/C(=C\c3cc(Cl)cc(OC)c3O[C@@H](C)C(=O)OC)C2=O)o1. The Hall–Kier alpha value is -3.99. The number of imide groups is 1. The predicted octanol–water partition coefficient (Wildman–Crippen LogP) is 2.76. The van der Waals surface area contributed by atoms with Crippen LogP contribution in [0.4, 0.5) is 4.79 Å². The van der Waals surface area contributed by atoms with E-state index in [1.54, 1.807) is 0 Å². The molecule has 0 radical (unpaired) electrons. The molecule has 180 valence electrons. The second-order valence-corrected chi connectivity index (χ2v) is 7.38. The van der Waals surface area contributed by atoms with Gasteiger partial charge in [0, 0.05) is 16.7 Å². The maximum absolute atomic E-state index is 12.9. The first-order valence-corrected chi connectivity index (χ1v) is 10.2. The summed E-state index contributed by atoms with van der Waals surface area (Å²) < 4.78 is 25.6. The van der Waals surface area contributed by atoms with Gasteiger partial charge >= 0.3 is 18.0 Å². The van der Waals surface area contributed by atoms with Gasteiger partial charge in [0.15, 0.2) is 17.6 Å². The summed E-state index contributed by atoms with van der Waals surface area (Å²) in [6.07, 6.45) is 0.348. The number of benzene rings is 1. The van der Waals surface area contributed by atoms with E-state index in [9.17, 15) is 19.2 Å². The van der Waals surface area contributed by atoms with Gasteiger partial charge in [0.25, 0.3) is 5.91 Å². The number of hydrogen-bond donors (Lipinski definition) is 1. The van der Waals surface area contributed by atoms with Gasteiger partial charge in [-0.05, 0) is 31.2 Å². The predicted molar refractivity (Wildman–Crippen MR) is 117 cm³/mol. The van der Waals surface area contributed by atoms with Gasteiger partial charge in [-0.1, -0.05) is 11.6 Å². The van der Waals surface area contributed by atoms with Crippen molar-refractivity contribution in [2.24, 2.45) is 0 Å². The van der Waals surface area contributed by atoms with Crippen LogP contribution in [-0.2, 0) is 25.6 Å². The van der Waals surface area contributed by atoms with Crippen LogP contribution in [0.3, 0.4) is 0 Å². The largest absolute Gasteiger partial charge is 0.493 e. The van der Waals surface area contributed by atoms with Crippen molar-refractivity contribution in [3.8, 4) is 11.5 Å². The van der Waals surface area contributed by atoms with Gasteiger partial charge in [0.05, 0.1) is 27.9 Å². The van der Waals surface area contributed by atoms with Crippen LogP contribution in [-0.4, -0.2) is 56.2 Å². The molecule has 12 heteroatoms. The van der Waals surface area contributed by atoms with Crippen LogP contribution in [0.25, 0.3) is 6.08 Å². The third kappa shape index (κ3) is 5.15. The first-order valence-electron chi connectivity index (χ1n) is 9.82. The average molecular weight is 493 g/mol. The molecule has 34 heavy (non-hydrogen) atoms. The van der Waals surface area contributed by atoms with E-state index >= 15 is 0 Å². The number of carbonyl (C=O) groups excluding carboxylic acids is 4. The standard InChI is InChI=1S/C22H21ClN2O9/c1-11(20(27)31-3)33-18-12(7-13(23)9-17(18)30-2)8-15-19(26)25(22(29)24-15)10-14-5-6-16(34-14)21(28)32-4/h5-9,11H,10H2,1-4H3,(H,24,29)/b15-8-/t11-/m0/s1. The number of amides is 3. The van der Waals surface area contributed by atoms with Crippen molar-refractivity contribution in [2.75, 3.05) is 21.3 Å². The number of methoxy groups -OCH3 is 3. The van der Waals surface area contributed by atoms with Crippen LogP contribution in [0.5, 0.6) is 11.5 Å². The van der Waals surface area contributed by atoms with E-state index in [1.165, 1.54) is 58.6 Å². The Balaban J connectivity index is 1.90. The number of ether oxygens (including phenoxy) is 4.